The average molecular weight is 264 g/mol. The fourth-order valence-electron chi connectivity index (χ4n) is 1.94. The van der Waals surface area contributed by atoms with Crippen LogP contribution in [0.5, 0.6) is 0 Å². The lowest BCUT2D eigenvalue weighted by Crippen LogP contribution is -1.91. The summed E-state index contributed by atoms with van der Waals surface area (Å²) in [5, 5.41) is 1.99. The molecule has 17 heavy (non-hydrogen) atoms. The molecule has 3 heteroatoms. The highest BCUT2D eigenvalue weighted by Gasteiger charge is 2.04. The lowest BCUT2D eigenvalue weighted by atomic mass is 10.2. The minimum absolute atomic E-state index is 0. The Morgan fingerprint density at radius 3 is 2.35 bits per heavy atom. The van der Waals surface area contributed by atoms with Gasteiger partial charge in [-0.2, -0.15) is 0 Å². The number of nitrogens with zero attached hydrogens (tertiary/aromatic N) is 1. The monoisotopic (exact) mass is 263 g/mol. The molecular formula is C14H11Cl2N. The van der Waals surface area contributed by atoms with Gasteiger partial charge in [-0.15, -0.1) is 12.4 Å². The number of aromatic nitrogens is 1. The van der Waals surface area contributed by atoms with Gasteiger partial charge in [-0.3, -0.25) is 0 Å². The molecule has 0 spiro atoms. The van der Waals surface area contributed by atoms with Crippen LogP contribution in [0, 0.1) is 0 Å². The zero-order valence-electron chi connectivity index (χ0n) is 9.01. The number of fused-ring (bicyclic) bond motifs is 1. The van der Waals surface area contributed by atoms with Crippen molar-refractivity contribution in [3.8, 4) is 5.69 Å². The van der Waals surface area contributed by atoms with Crippen LogP contribution in [0.25, 0.3) is 16.6 Å². The molecule has 0 N–H and O–H groups in total. The Labute approximate surface area is 111 Å². The zero-order valence-corrected chi connectivity index (χ0v) is 10.6. The van der Waals surface area contributed by atoms with Gasteiger partial charge in [0, 0.05) is 6.20 Å². The van der Waals surface area contributed by atoms with E-state index in [2.05, 4.69) is 22.8 Å². The van der Waals surface area contributed by atoms with Crippen LogP contribution in [-0.4, -0.2) is 4.57 Å². The normalized spacial score (nSPS) is 10.2. The summed E-state index contributed by atoms with van der Waals surface area (Å²) in [6.07, 6.45) is 2.05. The first-order valence-electron chi connectivity index (χ1n) is 5.17. The minimum Gasteiger partial charge on any atom is -0.315 e. The maximum atomic E-state index is 6.20. The first kappa shape index (κ1) is 12.0. The molecule has 0 aliphatic heterocycles. The maximum absolute atomic E-state index is 6.20. The van der Waals surface area contributed by atoms with Gasteiger partial charge in [0.25, 0.3) is 0 Å². The highest BCUT2D eigenvalue weighted by molar-refractivity contribution is 6.32. The van der Waals surface area contributed by atoms with Crippen LogP contribution >= 0.6 is 24.0 Å². The summed E-state index contributed by atoms with van der Waals surface area (Å²) in [7, 11) is 0. The van der Waals surface area contributed by atoms with Crippen LogP contribution in [0.1, 0.15) is 0 Å². The Morgan fingerprint density at radius 2 is 1.53 bits per heavy atom. The summed E-state index contributed by atoms with van der Waals surface area (Å²) in [4.78, 5) is 0. The van der Waals surface area contributed by atoms with E-state index in [0.29, 0.717) is 0 Å². The number of para-hydroxylation sites is 2. The van der Waals surface area contributed by atoms with Crippen molar-refractivity contribution in [2.24, 2.45) is 0 Å². The summed E-state index contributed by atoms with van der Waals surface area (Å²) in [5.41, 5.74) is 2.20. The van der Waals surface area contributed by atoms with E-state index < -0.39 is 0 Å². The van der Waals surface area contributed by atoms with Crippen molar-refractivity contribution < 1.29 is 0 Å². The molecule has 0 atom stereocenters. The molecule has 0 aliphatic carbocycles. The van der Waals surface area contributed by atoms with Crippen LogP contribution in [0.2, 0.25) is 5.02 Å². The summed E-state index contributed by atoms with van der Waals surface area (Å²) < 4.78 is 2.11. The Morgan fingerprint density at radius 1 is 0.824 bits per heavy atom. The largest absolute Gasteiger partial charge is 0.315 e. The molecule has 0 unspecified atom stereocenters. The summed E-state index contributed by atoms with van der Waals surface area (Å²) in [6, 6.07) is 18.2. The Kier molecular flexibility index (Phi) is 3.41. The highest BCUT2D eigenvalue weighted by atomic mass is 35.5. The van der Waals surface area contributed by atoms with Crippen molar-refractivity contribution in [2.75, 3.05) is 0 Å². The third-order valence-electron chi connectivity index (χ3n) is 2.71. The van der Waals surface area contributed by atoms with Gasteiger partial charge in [-0.05, 0) is 29.7 Å². The van der Waals surface area contributed by atoms with E-state index in [1.807, 2.05) is 42.6 Å². The zero-order chi connectivity index (χ0) is 11.0. The van der Waals surface area contributed by atoms with E-state index in [1.54, 1.807) is 0 Å². The van der Waals surface area contributed by atoms with Gasteiger partial charge in [0.2, 0.25) is 0 Å². The van der Waals surface area contributed by atoms with E-state index in [9.17, 15) is 0 Å². The molecule has 1 heterocycles. The highest BCUT2D eigenvalue weighted by Crippen LogP contribution is 2.25. The van der Waals surface area contributed by atoms with Crippen molar-refractivity contribution in [2.45, 2.75) is 0 Å². The van der Waals surface area contributed by atoms with Gasteiger partial charge < -0.3 is 4.57 Å². The van der Waals surface area contributed by atoms with Gasteiger partial charge in [0.1, 0.15) is 0 Å². The third kappa shape index (κ3) is 2.04. The lowest BCUT2D eigenvalue weighted by Gasteiger charge is -2.07. The van der Waals surface area contributed by atoms with Gasteiger partial charge >= 0.3 is 0 Å². The molecule has 3 rings (SSSR count). The van der Waals surface area contributed by atoms with Gasteiger partial charge in [0.15, 0.2) is 0 Å². The van der Waals surface area contributed by atoms with Crippen LogP contribution in [-0.2, 0) is 0 Å². The predicted octanol–water partition coefficient (Wildman–Crippen LogP) is 4.71. The molecule has 0 bridgehead atoms. The summed E-state index contributed by atoms with van der Waals surface area (Å²) >= 11 is 6.20. The number of hydrogen-bond acceptors (Lipinski definition) is 0. The van der Waals surface area contributed by atoms with Gasteiger partial charge in [-0.25, -0.2) is 0 Å². The molecule has 0 radical (unpaired) electrons. The molecule has 1 aromatic heterocycles. The molecule has 0 aliphatic rings. The smallest absolute Gasteiger partial charge is 0.0646 e. The van der Waals surface area contributed by atoms with Crippen LogP contribution in [0.3, 0.4) is 0 Å². The van der Waals surface area contributed by atoms with Crippen molar-refractivity contribution >= 4 is 34.9 Å². The summed E-state index contributed by atoms with van der Waals surface area (Å²) in [6.45, 7) is 0. The molecule has 3 aromatic rings. The van der Waals surface area contributed by atoms with Gasteiger partial charge in [-0.1, -0.05) is 41.9 Å². The molecule has 0 saturated heterocycles. The quantitative estimate of drug-likeness (QED) is 0.600. The van der Waals surface area contributed by atoms with Crippen molar-refractivity contribution in [1.82, 2.24) is 4.57 Å². The number of halogens is 2. The second kappa shape index (κ2) is 4.82. The first-order chi connectivity index (χ1) is 7.86. The predicted molar refractivity (Wildman–Crippen MR) is 75.5 cm³/mol. The fourth-order valence-corrected chi connectivity index (χ4v) is 2.17. The van der Waals surface area contributed by atoms with E-state index in [4.69, 9.17) is 11.6 Å². The maximum Gasteiger partial charge on any atom is 0.0646 e. The van der Waals surface area contributed by atoms with Crippen LogP contribution in [0.15, 0.2) is 60.8 Å². The standard InChI is InChI=1S/C14H10ClN.ClH/c15-12-6-2-4-8-14(12)16-10-9-11-5-1-3-7-13(11)16;/h1-10H;1H. The molecule has 86 valence electrons. The third-order valence-corrected chi connectivity index (χ3v) is 3.03. The second-order valence-corrected chi connectivity index (χ2v) is 4.10. The molecular weight excluding hydrogens is 253 g/mol. The van der Waals surface area contributed by atoms with E-state index in [1.165, 1.54) is 10.9 Å². The molecule has 0 fully saturated rings. The number of hydrogen-bond donors (Lipinski definition) is 0. The van der Waals surface area contributed by atoms with E-state index in [-0.39, 0.29) is 12.4 Å². The SMILES string of the molecule is Cl.Clc1ccccc1-n1ccc2ccccc21. The van der Waals surface area contributed by atoms with Crippen molar-refractivity contribution in [3.63, 3.8) is 0 Å². The minimum atomic E-state index is 0. The lowest BCUT2D eigenvalue weighted by molar-refractivity contribution is 1.13. The molecule has 0 saturated carbocycles. The summed E-state index contributed by atoms with van der Waals surface area (Å²) in [5.74, 6) is 0. The number of benzene rings is 2. The molecule has 1 nitrogen and oxygen atoms in total. The molecule has 2 aromatic carbocycles. The average Bonchev–Trinajstić information content (AvgIpc) is 2.74. The van der Waals surface area contributed by atoms with Crippen LogP contribution in [0.4, 0.5) is 0 Å². The Balaban J connectivity index is 0.00000108. The molecule has 0 amide bonds. The van der Waals surface area contributed by atoms with Crippen molar-refractivity contribution in [1.29, 1.82) is 0 Å². The fraction of sp³-hybridized carbons (Fsp3) is 0. The first-order valence-corrected chi connectivity index (χ1v) is 5.55. The van der Waals surface area contributed by atoms with Gasteiger partial charge in [0.05, 0.1) is 16.2 Å². The van der Waals surface area contributed by atoms with E-state index in [0.717, 1.165) is 10.7 Å². The second-order valence-electron chi connectivity index (χ2n) is 3.70. The Hall–Kier alpha value is -1.44. The van der Waals surface area contributed by atoms with Crippen molar-refractivity contribution in [3.05, 3.63) is 65.8 Å². The van der Waals surface area contributed by atoms with E-state index >= 15 is 0 Å². The number of rotatable bonds is 1. The van der Waals surface area contributed by atoms with Crippen LogP contribution < -0.4 is 0 Å². The topological polar surface area (TPSA) is 4.93 Å². The Bertz CT molecular complexity index is 643.